The second kappa shape index (κ2) is 6.36. The van der Waals surface area contributed by atoms with E-state index < -0.39 is 5.91 Å². The molecule has 1 amide bonds. The molecule has 0 aliphatic rings. The van der Waals surface area contributed by atoms with Crippen molar-refractivity contribution < 1.29 is 14.3 Å². The molecule has 0 saturated carbocycles. The fourth-order valence-corrected chi connectivity index (χ4v) is 2.53. The van der Waals surface area contributed by atoms with Crippen LogP contribution >= 0.6 is 0 Å². The lowest BCUT2D eigenvalue weighted by atomic mass is 10.1. The predicted octanol–water partition coefficient (Wildman–Crippen LogP) is 2.52. The zero-order valence-corrected chi connectivity index (χ0v) is 12.4. The minimum Gasteiger partial charge on any atom is -0.489 e. The normalized spacial score (nSPS) is 10.6. The molecule has 0 unspecified atom stereocenters. The third-order valence-corrected chi connectivity index (χ3v) is 3.64. The van der Waals surface area contributed by atoms with Crippen LogP contribution in [0.1, 0.15) is 15.9 Å². The Bertz CT molecular complexity index is 853. The first-order valence-corrected chi connectivity index (χ1v) is 7.22. The standard InChI is InChI=1S/C18H16N2O3/c19-18(22)16-11-20(8-9-21)17-7-6-14(10-15(16)17)23-12-13-4-2-1-3-5-13/h1-7,9-11H,8,12H2,(H2,19,22). The maximum absolute atomic E-state index is 11.6. The highest BCUT2D eigenvalue weighted by Crippen LogP contribution is 2.26. The van der Waals surface area contributed by atoms with Crippen LogP contribution in [0, 0.1) is 0 Å². The van der Waals surface area contributed by atoms with E-state index in [1.807, 2.05) is 42.5 Å². The van der Waals surface area contributed by atoms with Crippen molar-refractivity contribution in [1.82, 2.24) is 4.57 Å². The van der Waals surface area contributed by atoms with Crippen LogP contribution in [-0.4, -0.2) is 16.8 Å². The van der Waals surface area contributed by atoms with E-state index in [9.17, 15) is 9.59 Å². The fraction of sp³-hybridized carbons (Fsp3) is 0.111. The van der Waals surface area contributed by atoms with Gasteiger partial charge in [0, 0.05) is 17.1 Å². The van der Waals surface area contributed by atoms with Gasteiger partial charge in [-0.3, -0.25) is 4.79 Å². The van der Waals surface area contributed by atoms with E-state index in [0.717, 1.165) is 17.4 Å². The average molecular weight is 308 g/mol. The van der Waals surface area contributed by atoms with Gasteiger partial charge in [-0.2, -0.15) is 0 Å². The first-order valence-electron chi connectivity index (χ1n) is 7.22. The van der Waals surface area contributed by atoms with Crippen molar-refractivity contribution in [3.05, 3.63) is 65.9 Å². The Hall–Kier alpha value is -3.08. The highest BCUT2D eigenvalue weighted by Gasteiger charge is 2.13. The first-order chi connectivity index (χ1) is 11.2. The number of benzene rings is 2. The topological polar surface area (TPSA) is 74.3 Å². The summed E-state index contributed by atoms with van der Waals surface area (Å²) in [6.07, 6.45) is 2.38. The summed E-state index contributed by atoms with van der Waals surface area (Å²) >= 11 is 0. The molecule has 1 heterocycles. The number of carbonyl (C=O) groups excluding carboxylic acids is 2. The molecular weight excluding hydrogens is 292 g/mol. The number of nitrogens with two attached hydrogens (primary N) is 1. The fourth-order valence-electron chi connectivity index (χ4n) is 2.53. The minimum absolute atomic E-state index is 0.175. The molecule has 0 radical (unpaired) electrons. The van der Waals surface area contributed by atoms with Gasteiger partial charge < -0.3 is 19.8 Å². The molecule has 23 heavy (non-hydrogen) atoms. The molecule has 1 aromatic heterocycles. The highest BCUT2D eigenvalue weighted by atomic mass is 16.5. The smallest absolute Gasteiger partial charge is 0.250 e. The summed E-state index contributed by atoms with van der Waals surface area (Å²) in [6, 6.07) is 15.2. The summed E-state index contributed by atoms with van der Waals surface area (Å²) in [5.74, 6) is 0.118. The molecule has 0 aliphatic heterocycles. The quantitative estimate of drug-likeness (QED) is 0.711. The summed E-state index contributed by atoms with van der Waals surface area (Å²) in [5, 5.41) is 0.685. The van der Waals surface area contributed by atoms with Gasteiger partial charge in [0.1, 0.15) is 18.6 Å². The van der Waals surface area contributed by atoms with Gasteiger partial charge in [0.25, 0.3) is 5.91 Å². The number of rotatable bonds is 6. The van der Waals surface area contributed by atoms with Crippen molar-refractivity contribution in [3.63, 3.8) is 0 Å². The Balaban J connectivity index is 1.92. The zero-order chi connectivity index (χ0) is 16.2. The molecule has 2 aromatic carbocycles. The molecule has 0 saturated heterocycles. The number of hydrogen-bond donors (Lipinski definition) is 1. The zero-order valence-electron chi connectivity index (χ0n) is 12.4. The van der Waals surface area contributed by atoms with Crippen LogP contribution in [0.2, 0.25) is 0 Å². The number of carbonyl (C=O) groups is 2. The molecule has 5 nitrogen and oxygen atoms in total. The van der Waals surface area contributed by atoms with Gasteiger partial charge in [-0.1, -0.05) is 30.3 Å². The van der Waals surface area contributed by atoms with Crippen molar-refractivity contribution in [2.45, 2.75) is 13.2 Å². The Kier molecular flexibility index (Phi) is 4.10. The molecule has 5 heteroatoms. The summed E-state index contributed by atoms with van der Waals surface area (Å²) in [5.41, 5.74) is 7.64. The van der Waals surface area contributed by atoms with Gasteiger partial charge in [0.2, 0.25) is 0 Å². The van der Waals surface area contributed by atoms with Crippen molar-refractivity contribution in [1.29, 1.82) is 0 Å². The van der Waals surface area contributed by atoms with E-state index in [-0.39, 0.29) is 6.54 Å². The number of primary amides is 1. The van der Waals surface area contributed by atoms with Crippen LogP contribution in [0.5, 0.6) is 5.75 Å². The molecule has 0 aliphatic carbocycles. The van der Waals surface area contributed by atoms with E-state index in [1.165, 1.54) is 0 Å². The van der Waals surface area contributed by atoms with Crippen molar-refractivity contribution in [2.24, 2.45) is 5.73 Å². The van der Waals surface area contributed by atoms with Crippen molar-refractivity contribution >= 4 is 23.1 Å². The molecule has 2 N–H and O–H groups in total. The molecule has 0 fully saturated rings. The van der Waals surface area contributed by atoms with Crippen molar-refractivity contribution in [3.8, 4) is 5.75 Å². The minimum atomic E-state index is -0.528. The highest BCUT2D eigenvalue weighted by molar-refractivity contribution is 6.06. The second-order valence-electron chi connectivity index (χ2n) is 5.18. The number of fused-ring (bicyclic) bond motifs is 1. The van der Waals surface area contributed by atoms with E-state index >= 15 is 0 Å². The van der Waals surface area contributed by atoms with Gasteiger partial charge in [0.15, 0.2) is 0 Å². The Labute approximate surface area is 133 Å². The van der Waals surface area contributed by atoms with E-state index in [1.54, 1.807) is 16.8 Å². The largest absolute Gasteiger partial charge is 0.489 e. The van der Waals surface area contributed by atoms with Gasteiger partial charge in [-0.25, -0.2) is 0 Å². The second-order valence-corrected chi connectivity index (χ2v) is 5.18. The molecule has 3 aromatic rings. The van der Waals surface area contributed by atoms with Gasteiger partial charge in [-0.15, -0.1) is 0 Å². The number of aromatic nitrogens is 1. The molecule has 0 atom stereocenters. The molecular formula is C18H16N2O3. The van der Waals surface area contributed by atoms with Crippen LogP contribution in [0.3, 0.4) is 0 Å². The predicted molar refractivity (Wildman–Crippen MR) is 87.3 cm³/mol. The number of nitrogens with zero attached hydrogens (tertiary/aromatic N) is 1. The first kappa shape index (κ1) is 14.8. The van der Waals surface area contributed by atoms with Crippen LogP contribution in [0.25, 0.3) is 10.9 Å². The van der Waals surface area contributed by atoms with E-state index in [0.29, 0.717) is 23.3 Å². The number of amides is 1. The molecule has 0 spiro atoms. The lowest BCUT2D eigenvalue weighted by Gasteiger charge is -2.07. The Morgan fingerprint density at radius 1 is 1.17 bits per heavy atom. The Morgan fingerprint density at radius 2 is 1.96 bits per heavy atom. The van der Waals surface area contributed by atoms with Crippen LogP contribution in [-0.2, 0) is 17.9 Å². The summed E-state index contributed by atoms with van der Waals surface area (Å²) < 4.78 is 7.47. The molecule has 116 valence electrons. The monoisotopic (exact) mass is 308 g/mol. The van der Waals surface area contributed by atoms with E-state index in [4.69, 9.17) is 10.5 Å². The lowest BCUT2D eigenvalue weighted by Crippen LogP contribution is -2.10. The lowest BCUT2D eigenvalue weighted by molar-refractivity contribution is -0.108. The van der Waals surface area contributed by atoms with Crippen LogP contribution < -0.4 is 10.5 Å². The molecule has 0 bridgehead atoms. The van der Waals surface area contributed by atoms with Gasteiger partial charge in [-0.05, 0) is 23.8 Å². The van der Waals surface area contributed by atoms with Gasteiger partial charge in [0.05, 0.1) is 12.1 Å². The average Bonchev–Trinajstić information content (AvgIpc) is 2.93. The molecule has 3 rings (SSSR count). The number of hydrogen-bond acceptors (Lipinski definition) is 3. The summed E-state index contributed by atoms with van der Waals surface area (Å²) in [7, 11) is 0. The third-order valence-electron chi connectivity index (χ3n) is 3.64. The van der Waals surface area contributed by atoms with E-state index in [2.05, 4.69) is 0 Å². The van der Waals surface area contributed by atoms with Gasteiger partial charge >= 0.3 is 0 Å². The maximum atomic E-state index is 11.6. The summed E-state index contributed by atoms with van der Waals surface area (Å²) in [4.78, 5) is 22.4. The van der Waals surface area contributed by atoms with Crippen LogP contribution in [0.4, 0.5) is 0 Å². The maximum Gasteiger partial charge on any atom is 0.250 e. The number of ether oxygens (including phenoxy) is 1. The Morgan fingerprint density at radius 3 is 2.65 bits per heavy atom. The van der Waals surface area contributed by atoms with Crippen LogP contribution in [0.15, 0.2) is 54.7 Å². The third kappa shape index (κ3) is 3.08. The SMILES string of the molecule is NC(=O)c1cn(CC=O)c2ccc(OCc3ccccc3)cc12. The number of aldehydes is 1. The van der Waals surface area contributed by atoms with Crippen molar-refractivity contribution in [2.75, 3.05) is 0 Å². The summed E-state index contributed by atoms with van der Waals surface area (Å²) in [6.45, 7) is 0.612.